The molecule has 2 N–H and O–H groups in total. The summed E-state index contributed by atoms with van der Waals surface area (Å²) in [6.45, 7) is 4.07. The summed E-state index contributed by atoms with van der Waals surface area (Å²) in [6.07, 6.45) is 1.03. The summed E-state index contributed by atoms with van der Waals surface area (Å²) >= 11 is 1.69. The van der Waals surface area contributed by atoms with Gasteiger partial charge in [0.25, 0.3) is 5.91 Å². The predicted molar refractivity (Wildman–Crippen MR) is 105 cm³/mol. The maximum Gasteiger partial charge on any atom is 0.256 e. The lowest BCUT2D eigenvalue weighted by molar-refractivity contribution is -0.129. The van der Waals surface area contributed by atoms with Gasteiger partial charge >= 0.3 is 0 Å². The Kier molecular flexibility index (Phi) is 5.33. The van der Waals surface area contributed by atoms with Crippen LogP contribution in [0.4, 0.5) is 5.69 Å². The lowest BCUT2D eigenvalue weighted by atomic mass is 10.1. The second-order valence-electron chi connectivity index (χ2n) is 6.82. The molecule has 2 atom stereocenters. The van der Waals surface area contributed by atoms with Crippen LogP contribution in [-0.4, -0.2) is 37.9 Å². The summed E-state index contributed by atoms with van der Waals surface area (Å²) in [4.78, 5) is 17.4. The minimum atomic E-state index is -0.451. The highest BCUT2D eigenvalue weighted by Crippen LogP contribution is 2.36. The van der Waals surface area contributed by atoms with E-state index in [4.69, 9.17) is 19.9 Å². The van der Waals surface area contributed by atoms with E-state index in [2.05, 4.69) is 19.1 Å². The van der Waals surface area contributed by atoms with E-state index in [0.29, 0.717) is 44.2 Å². The number of nitrogens with zero attached hydrogens (tertiary/aromatic N) is 1. The van der Waals surface area contributed by atoms with Gasteiger partial charge in [-0.3, -0.25) is 4.79 Å². The number of amides is 1. The minimum Gasteiger partial charge on any atom is -0.486 e. The summed E-state index contributed by atoms with van der Waals surface area (Å²) < 4.78 is 17.2. The fraction of sp³-hybridized carbons (Fsp3) is 0.450. The van der Waals surface area contributed by atoms with Crippen molar-refractivity contribution >= 4 is 22.9 Å². The van der Waals surface area contributed by atoms with Gasteiger partial charge in [-0.2, -0.15) is 0 Å². The molecule has 4 rings (SSSR count). The molecule has 0 unspecified atom stereocenters. The summed E-state index contributed by atoms with van der Waals surface area (Å²) in [7, 11) is 0. The van der Waals surface area contributed by atoms with Crippen molar-refractivity contribution in [3.8, 4) is 11.5 Å². The minimum absolute atomic E-state index is 0.0336. The second kappa shape index (κ2) is 7.88. The molecule has 1 aromatic carbocycles. The Labute approximate surface area is 162 Å². The Morgan fingerprint density at radius 3 is 2.70 bits per heavy atom. The van der Waals surface area contributed by atoms with Crippen molar-refractivity contribution < 1.29 is 19.0 Å². The molecule has 144 valence electrons. The molecule has 0 radical (unpaired) electrons. The van der Waals surface area contributed by atoms with Crippen molar-refractivity contribution in [2.24, 2.45) is 5.73 Å². The van der Waals surface area contributed by atoms with Crippen LogP contribution < -0.4 is 20.1 Å². The molecule has 2 aliphatic heterocycles. The molecule has 3 heterocycles. The Hall–Kier alpha value is -2.09. The lowest BCUT2D eigenvalue weighted by Gasteiger charge is -2.27. The average Bonchev–Trinajstić information content (AvgIpc) is 3.34. The number of fused-ring (bicyclic) bond motifs is 1. The number of anilines is 1. The maximum atomic E-state index is 13.3. The van der Waals surface area contributed by atoms with Crippen LogP contribution in [-0.2, 0) is 16.1 Å². The molecule has 1 fully saturated rings. The van der Waals surface area contributed by atoms with Crippen LogP contribution in [0.3, 0.4) is 0 Å². The third kappa shape index (κ3) is 3.95. The number of carbonyl (C=O) groups excluding carboxylic acids is 1. The number of ether oxygens (including phenoxy) is 3. The fourth-order valence-corrected chi connectivity index (χ4v) is 4.34. The van der Waals surface area contributed by atoms with Gasteiger partial charge in [0.05, 0.1) is 12.6 Å². The quantitative estimate of drug-likeness (QED) is 0.853. The van der Waals surface area contributed by atoms with Crippen LogP contribution in [0.25, 0.3) is 0 Å². The van der Waals surface area contributed by atoms with Crippen molar-refractivity contribution in [3.63, 3.8) is 0 Å². The first-order valence-corrected chi connectivity index (χ1v) is 10.1. The van der Waals surface area contributed by atoms with Crippen molar-refractivity contribution in [1.82, 2.24) is 0 Å². The molecule has 27 heavy (non-hydrogen) atoms. The van der Waals surface area contributed by atoms with Gasteiger partial charge in [-0.05, 0) is 44.0 Å². The van der Waals surface area contributed by atoms with Crippen LogP contribution in [0.15, 0.2) is 30.3 Å². The zero-order valence-corrected chi connectivity index (χ0v) is 16.2. The Morgan fingerprint density at radius 1 is 1.19 bits per heavy atom. The van der Waals surface area contributed by atoms with E-state index < -0.39 is 6.10 Å². The number of hydrogen-bond donors (Lipinski definition) is 1. The fourth-order valence-electron chi connectivity index (χ4n) is 3.46. The molecule has 2 aromatic rings. The van der Waals surface area contributed by atoms with E-state index in [-0.39, 0.29) is 12.0 Å². The van der Waals surface area contributed by atoms with Gasteiger partial charge in [0.15, 0.2) is 11.5 Å². The average molecular weight is 388 g/mol. The van der Waals surface area contributed by atoms with Crippen molar-refractivity contribution in [1.29, 1.82) is 0 Å². The van der Waals surface area contributed by atoms with Gasteiger partial charge in [0.1, 0.15) is 19.3 Å². The number of nitrogens with two attached hydrogens (primary N) is 1. The van der Waals surface area contributed by atoms with E-state index in [9.17, 15) is 4.79 Å². The third-order valence-corrected chi connectivity index (χ3v) is 5.84. The lowest BCUT2D eigenvalue weighted by Crippen LogP contribution is -2.39. The van der Waals surface area contributed by atoms with Gasteiger partial charge in [-0.15, -0.1) is 11.3 Å². The number of benzene rings is 1. The first kappa shape index (κ1) is 18.3. The molecule has 1 amide bonds. The number of rotatable bonds is 5. The van der Waals surface area contributed by atoms with E-state index in [0.717, 1.165) is 17.0 Å². The second-order valence-corrected chi connectivity index (χ2v) is 8.20. The van der Waals surface area contributed by atoms with Crippen LogP contribution in [0, 0.1) is 6.92 Å². The van der Waals surface area contributed by atoms with E-state index in [1.54, 1.807) is 16.2 Å². The first-order chi connectivity index (χ1) is 13.1. The zero-order chi connectivity index (χ0) is 18.8. The van der Waals surface area contributed by atoms with Gasteiger partial charge in [0, 0.05) is 28.1 Å². The van der Waals surface area contributed by atoms with Crippen molar-refractivity contribution in [2.45, 2.75) is 38.5 Å². The van der Waals surface area contributed by atoms with E-state index >= 15 is 0 Å². The van der Waals surface area contributed by atoms with Crippen molar-refractivity contribution in [3.05, 3.63) is 40.1 Å². The van der Waals surface area contributed by atoms with Gasteiger partial charge in [-0.1, -0.05) is 0 Å². The summed E-state index contributed by atoms with van der Waals surface area (Å²) in [5.74, 6) is 1.35. The monoisotopic (exact) mass is 388 g/mol. The number of hydrogen-bond acceptors (Lipinski definition) is 6. The Morgan fingerprint density at radius 2 is 2.00 bits per heavy atom. The Balaban J connectivity index is 1.62. The summed E-state index contributed by atoms with van der Waals surface area (Å²) in [5.41, 5.74) is 6.49. The van der Waals surface area contributed by atoms with E-state index in [1.807, 2.05) is 18.2 Å². The standard InChI is InChI=1S/C20H24N2O4S/c1-13-2-5-16(27-13)12-22(20(23)18-7-4-15(11-21)26-18)14-3-6-17-19(10-14)25-9-8-24-17/h2-3,5-6,10,15,18H,4,7-9,11-12,21H2,1H3/t15-,18+/m1/s1. The summed E-state index contributed by atoms with van der Waals surface area (Å²) in [6, 6.07) is 9.78. The highest BCUT2D eigenvalue weighted by Gasteiger charge is 2.34. The highest BCUT2D eigenvalue weighted by atomic mass is 32.1. The molecule has 0 aliphatic carbocycles. The molecule has 1 aromatic heterocycles. The highest BCUT2D eigenvalue weighted by molar-refractivity contribution is 7.11. The van der Waals surface area contributed by atoms with Crippen LogP contribution in [0.2, 0.25) is 0 Å². The third-order valence-electron chi connectivity index (χ3n) is 4.86. The number of carbonyl (C=O) groups is 1. The van der Waals surface area contributed by atoms with Gasteiger partial charge < -0.3 is 24.8 Å². The molecule has 6 nitrogen and oxygen atoms in total. The van der Waals surface area contributed by atoms with Gasteiger partial charge in [-0.25, -0.2) is 0 Å². The first-order valence-electron chi connectivity index (χ1n) is 9.26. The van der Waals surface area contributed by atoms with Crippen LogP contribution in [0.1, 0.15) is 22.6 Å². The van der Waals surface area contributed by atoms with Gasteiger partial charge in [0.2, 0.25) is 0 Å². The van der Waals surface area contributed by atoms with Crippen molar-refractivity contribution in [2.75, 3.05) is 24.7 Å². The zero-order valence-electron chi connectivity index (χ0n) is 15.3. The van der Waals surface area contributed by atoms with Crippen LogP contribution in [0.5, 0.6) is 11.5 Å². The molecular formula is C20H24N2O4S. The largest absolute Gasteiger partial charge is 0.486 e. The molecule has 7 heteroatoms. The molecule has 0 spiro atoms. The van der Waals surface area contributed by atoms with Crippen LogP contribution >= 0.6 is 11.3 Å². The number of aryl methyl sites for hydroxylation is 1. The molecule has 2 aliphatic rings. The Bertz CT molecular complexity index is 822. The van der Waals surface area contributed by atoms with E-state index in [1.165, 1.54) is 4.88 Å². The SMILES string of the molecule is Cc1ccc(CN(C(=O)[C@@H]2CC[C@H](CN)O2)c2ccc3c(c2)OCCO3)s1. The summed E-state index contributed by atoms with van der Waals surface area (Å²) in [5, 5.41) is 0. The predicted octanol–water partition coefficient (Wildman–Crippen LogP) is 2.87. The number of thiophene rings is 1. The smallest absolute Gasteiger partial charge is 0.256 e. The normalized spacial score (nSPS) is 21.3. The topological polar surface area (TPSA) is 74.0 Å². The molecule has 0 bridgehead atoms. The molecule has 0 saturated carbocycles. The molecular weight excluding hydrogens is 364 g/mol. The molecule has 1 saturated heterocycles. The maximum absolute atomic E-state index is 13.3.